The first-order valence-corrected chi connectivity index (χ1v) is 1.83. The van der Waals surface area contributed by atoms with Crippen molar-refractivity contribution in [3.05, 3.63) is 0 Å². The zero-order valence-corrected chi connectivity index (χ0v) is 3.01. The molecule has 5 heteroatoms. The molecule has 0 aliphatic rings. The van der Waals surface area contributed by atoms with Crippen molar-refractivity contribution in [3.63, 3.8) is 0 Å². The predicted molar refractivity (Wildman–Crippen MR) is 14.0 cm³/mol. The van der Waals surface area contributed by atoms with Crippen LogP contribution in [0.1, 0.15) is 0 Å². The van der Waals surface area contributed by atoms with Gasteiger partial charge in [-0.05, 0) is 0 Å². The lowest BCUT2D eigenvalue weighted by molar-refractivity contribution is -0.125. The third kappa shape index (κ3) is 3.87. The Labute approximate surface area is 30.1 Å². The second-order valence-electron chi connectivity index (χ2n) is 0.305. The van der Waals surface area contributed by atoms with Crippen molar-refractivity contribution in [3.8, 4) is 0 Å². The molecule has 0 heterocycles. The van der Waals surface area contributed by atoms with Gasteiger partial charge in [0, 0.05) is 0 Å². The monoisotopic (exact) mass is 98.0 g/mol. The molecular formula is H2O4S. The first-order chi connectivity index (χ1) is 2.27. The minimum Gasteiger partial charge on any atom is -0.235 e. The third-order valence-corrected chi connectivity index (χ3v) is 0.200. The van der Waals surface area contributed by atoms with Gasteiger partial charge in [-0.15, -0.1) is 4.33 Å². The fourth-order valence-electron chi connectivity index (χ4n) is 0. The van der Waals surface area contributed by atoms with E-state index in [1.807, 2.05) is 0 Å². The van der Waals surface area contributed by atoms with Crippen LogP contribution in [-0.2, 0) is 15.3 Å². The molecule has 0 rings (SSSR count). The summed E-state index contributed by atoms with van der Waals surface area (Å²) in [6.07, 6.45) is 0. The fourth-order valence-corrected chi connectivity index (χ4v) is 0. The molecule has 5 heavy (non-hydrogen) atoms. The highest BCUT2D eigenvalue weighted by Crippen LogP contribution is 1.51. The molecule has 0 bridgehead atoms. The highest BCUT2D eigenvalue weighted by atomic mass is 32.2. The Morgan fingerprint density at radius 3 is 1.80 bits per heavy atom. The van der Waals surface area contributed by atoms with Gasteiger partial charge in [0.2, 0.25) is 0 Å². The van der Waals surface area contributed by atoms with Gasteiger partial charge in [-0.25, -0.2) is 13.7 Å². The van der Waals surface area contributed by atoms with Gasteiger partial charge >= 0.3 is 0 Å². The molecule has 0 atom stereocenters. The van der Waals surface area contributed by atoms with Gasteiger partial charge in [-0.2, -0.15) is 0 Å². The molecular weight excluding hydrogens is 96.1 g/mol. The molecule has 0 fully saturated rings. The molecule has 0 amide bonds. The Morgan fingerprint density at radius 2 is 1.80 bits per heavy atom. The average Bonchev–Trinajstić information content (AvgIpc) is 1.38. The van der Waals surface area contributed by atoms with Crippen LogP contribution in [-0.4, -0.2) is 13.7 Å². The standard InChI is InChI=1S/H2O4S/c1-4-5(2)3/h1,5H. The first kappa shape index (κ1) is 4.87. The zero-order chi connectivity index (χ0) is 4.28. The van der Waals surface area contributed by atoms with E-state index in [1.54, 1.807) is 0 Å². The Morgan fingerprint density at radius 1 is 1.60 bits per heavy atom. The maximum atomic E-state index is 8.93. The lowest BCUT2D eigenvalue weighted by Gasteiger charge is -1.64. The third-order valence-electron chi connectivity index (χ3n) is 0.0667. The van der Waals surface area contributed by atoms with Crippen molar-refractivity contribution in [2.75, 3.05) is 0 Å². The van der Waals surface area contributed by atoms with E-state index in [0.717, 1.165) is 0 Å². The van der Waals surface area contributed by atoms with E-state index in [-0.39, 0.29) is 0 Å². The van der Waals surface area contributed by atoms with E-state index < -0.39 is 11.0 Å². The molecule has 0 saturated carbocycles. The van der Waals surface area contributed by atoms with Crippen LogP contribution in [0.2, 0.25) is 0 Å². The Hall–Kier alpha value is -0.130. The molecule has 0 spiro atoms. The second kappa shape index (κ2) is 2.13. The largest absolute Gasteiger partial charge is 0.283 e. The maximum absolute atomic E-state index is 8.93. The summed E-state index contributed by atoms with van der Waals surface area (Å²) in [5, 5.41) is 7.05. The van der Waals surface area contributed by atoms with Gasteiger partial charge in [0.25, 0.3) is 11.0 Å². The lowest BCUT2D eigenvalue weighted by atomic mass is 15.0. The van der Waals surface area contributed by atoms with E-state index >= 15 is 0 Å². The summed E-state index contributed by atoms with van der Waals surface area (Å²) in [5.74, 6) is 0. The fraction of sp³-hybridized carbons (Fsp3) is 0. The SMILES string of the molecule is O=[SH](=O)OO. The van der Waals surface area contributed by atoms with Crippen LogP contribution in [0.25, 0.3) is 0 Å². The smallest absolute Gasteiger partial charge is 0.235 e. The molecule has 32 valence electrons. The lowest BCUT2D eigenvalue weighted by Crippen LogP contribution is -1.74. The van der Waals surface area contributed by atoms with Crippen molar-refractivity contribution >= 4 is 11.0 Å². The van der Waals surface area contributed by atoms with Crippen molar-refractivity contribution in [2.45, 2.75) is 0 Å². The second-order valence-corrected chi connectivity index (χ2v) is 0.916. The van der Waals surface area contributed by atoms with Crippen molar-refractivity contribution < 1.29 is 18.0 Å². The molecule has 4 nitrogen and oxygen atoms in total. The van der Waals surface area contributed by atoms with Crippen LogP contribution in [0.3, 0.4) is 0 Å². The molecule has 1 N–H and O–H groups in total. The average molecular weight is 98.1 g/mol. The normalized spacial score (nSPS) is 9.20. The Bertz CT molecular complexity index is 61.7. The highest BCUT2D eigenvalue weighted by molar-refractivity contribution is 7.67. The zero-order valence-electron chi connectivity index (χ0n) is 2.12. The Kier molecular flexibility index (Phi) is 2.07. The summed E-state index contributed by atoms with van der Waals surface area (Å²) in [6.45, 7) is 0. The van der Waals surface area contributed by atoms with Crippen LogP contribution in [0.4, 0.5) is 0 Å². The number of hydrogen-bond acceptors (Lipinski definition) is 4. The summed E-state index contributed by atoms with van der Waals surface area (Å²) in [4.78, 5) is 0. The van der Waals surface area contributed by atoms with E-state index in [2.05, 4.69) is 4.33 Å². The summed E-state index contributed by atoms with van der Waals surface area (Å²) in [7, 11) is -3.04. The van der Waals surface area contributed by atoms with E-state index in [9.17, 15) is 0 Å². The van der Waals surface area contributed by atoms with Crippen LogP contribution >= 0.6 is 0 Å². The van der Waals surface area contributed by atoms with Gasteiger partial charge in [-0.3, -0.25) is 0 Å². The molecule has 0 aliphatic carbocycles. The number of rotatable bonds is 1. The van der Waals surface area contributed by atoms with Crippen LogP contribution in [0, 0.1) is 0 Å². The minimum absolute atomic E-state index is 2.70. The van der Waals surface area contributed by atoms with E-state index in [1.165, 1.54) is 0 Å². The molecule has 0 unspecified atom stereocenters. The van der Waals surface area contributed by atoms with Gasteiger partial charge in [0.15, 0.2) is 0 Å². The Balaban J connectivity index is 3.23. The first-order valence-electron chi connectivity index (χ1n) is 0.730. The molecule has 0 saturated heterocycles. The van der Waals surface area contributed by atoms with Crippen LogP contribution < -0.4 is 0 Å². The van der Waals surface area contributed by atoms with Crippen LogP contribution in [0.15, 0.2) is 0 Å². The summed E-state index contributed by atoms with van der Waals surface area (Å²) < 4.78 is 20.6. The molecule has 0 aromatic rings. The van der Waals surface area contributed by atoms with Crippen LogP contribution in [0.5, 0.6) is 0 Å². The molecule has 0 radical (unpaired) electrons. The minimum atomic E-state index is -3.04. The highest BCUT2D eigenvalue weighted by Gasteiger charge is 1.64. The summed E-state index contributed by atoms with van der Waals surface area (Å²) in [6, 6.07) is 0. The topological polar surface area (TPSA) is 63.6 Å². The van der Waals surface area contributed by atoms with Gasteiger partial charge in [0.1, 0.15) is 0 Å². The van der Waals surface area contributed by atoms with Crippen molar-refractivity contribution in [2.24, 2.45) is 0 Å². The summed E-state index contributed by atoms with van der Waals surface area (Å²) >= 11 is 0. The van der Waals surface area contributed by atoms with Crippen molar-refractivity contribution in [1.82, 2.24) is 0 Å². The number of thiol groups is 1. The van der Waals surface area contributed by atoms with Gasteiger partial charge < -0.3 is 0 Å². The van der Waals surface area contributed by atoms with Gasteiger partial charge in [-0.1, -0.05) is 0 Å². The maximum Gasteiger partial charge on any atom is 0.283 e. The molecule has 0 aromatic heterocycles. The summed E-state index contributed by atoms with van der Waals surface area (Å²) in [5.41, 5.74) is 0. The van der Waals surface area contributed by atoms with Crippen molar-refractivity contribution in [1.29, 1.82) is 0 Å². The quantitative estimate of drug-likeness (QED) is 0.251. The predicted octanol–water partition coefficient (Wildman–Crippen LogP) is -0.998. The van der Waals surface area contributed by atoms with Gasteiger partial charge in [0.05, 0.1) is 0 Å². The van der Waals surface area contributed by atoms with E-state index in [0.29, 0.717) is 0 Å². The molecule has 0 aliphatic heterocycles. The molecule has 0 aromatic carbocycles. The van der Waals surface area contributed by atoms with E-state index in [4.69, 9.17) is 13.7 Å². The number of hydrogen-bond donors (Lipinski definition) is 2.